The zero-order valence-electron chi connectivity index (χ0n) is 7.63. The minimum atomic E-state index is 0.656. The van der Waals surface area contributed by atoms with E-state index in [-0.39, 0.29) is 0 Å². The third-order valence-electron chi connectivity index (χ3n) is 2.14. The molecule has 0 aliphatic heterocycles. The predicted molar refractivity (Wildman–Crippen MR) is 59.3 cm³/mol. The van der Waals surface area contributed by atoms with Crippen LogP contribution in [0.15, 0.2) is 4.47 Å². The maximum Gasteiger partial charge on any atom is 0.148 e. The number of hydrogen-bond acceptors (Lipinski definition) is 4. The first kappa shape index (κ1) is 9.56. The minimum Gasteiger partial charge on any atom is -0.191 e. The molecule has 0 N–H and O–H groups in total. The van der Waals surface area contributed by atoms with E-state index in [0.29, 0.717) is 4.88 Å². The van der Waals surface area contributed by atoms with Crippen LogP contribution in [0.5, 0.6) is 0 Å². The molecule has 0 bridgehead atoms. The van der Waals surface area contributed by atoms with Crippen LogP contribution in [0.2, 0.25) is 0 Å². The van der Waals surface area contributed by atoms with Gasteiger partial charge in [-0.15, -0.1) is 16.4 Å². The molecule has 0 spiro atoms. The third kappa shape index (κ3) is 1.22. The number of thiophene rings is 1. The number of nitriles is 1. The average Bonchev–Trinajstić information content (AvgIpc) is 2.50. The minimum absolute atomic E-state index is 0.656. The van der Waals surface area contributed by atoms with Crippen molar-refractivity contribution in [3.8, 4) is 6.07 Å². The normalized spacial score (nSPS) is 10.4. The van der Waals surface area contributed by atoms with Gasteiger partial charge in [0.05, 0.1) is 10.2 Å². The zero-order valence-corrected chi connectivity index (χ0v) is 10.0. The molecule has 14 heavy (non-hydrogen) atoms. The highest BCUT2D eigenvalue weighted by Gasteiger charge is 2.14. The van der Waals surface area contributed by atoms with Gasteiger partial charge in [0.2, 0.25) is 0 Å². The van der Waals surface area contributed by atoms with Crippen LogP contribution in [0.1, 0.15) is 16.1 Å². The van der Waals surface area contributed by atoms with E-state index in [9.17, 15) is 0 Å². The van der Waals surface area contributed by atoms with Gasteiger partial charge in [0, 0.05) is 5.39 Å². The van der Waals surface area contributed by atoms with Crippen LogP contribution < -0.4 is 0 Å². The van der Waals surface area contributed by atoms with E-state index in [0.717, 1.165) is 25.9 Å². The van der Waals surface area contributed by atoms with Gasteiger partial charge >= 0.3 is 0 Å². The van der Waals surface area contributed by atoms with Crippen LogP contribution in [-0.4, -0.2) is 10.2 Å². The van der Waals surface area contributed by atoms with Gasteiger partial charge in [-0.2, -0.15) is 10.4 Å². The molecule has 2 rings (SSSR count). The summed E-state index contributed by atoms with van der Waals surface area (Å²) in [6.07, 6.45) is 0. The number of rotatable bonds is 0. The van der Waals surface area contributed by atoms with Crippen LogP contribution in [0.25, 0.3) is 10.2 Å². The number of halogens is 1. The Labute approximate surface area is 93.5 Å². The average molecular weight is 268 g/mol. The van der Waals surface area contributed by atoms with Crippen molar-refractivity contribution in [3.63, 3.8) is 0 Å². The van der Waals surface area contributed by atoms with E-state index in [2.05, 4.69) is 32.2 Å². The van der Waals surface area contributed by atoms with Crippen molar-refractivity contribution in [2.45, 2.75) is 13.8 Å². The highest BCUT2D eigenvalue weighted by molar-refractivity contribution is 9.10. The Kier molecular flexibility index (Phi) is 2.25. The van der Waals surface area contributed by atoms with Crippen molar-refractivity contribution in [1.29, 1.82) is 5.26 Å². The summed E-state index contributed by atoms with van der Waals surface area (Å²) in [5.41, 5.74) is 1.99. The van der Waals surface area contributed by atoms with Crippen molar-refractivity contribution < 1.29 is 0 Å². The number of aryl methyl sites for hydroxylation is 2. The van der Waals surface area contributed by atoms with Crippen LogP contribution in [0.3, 0.4) is 0 Å². The van der Waals surface area contributed by atoms with E-state index in [1.165, 1.54) is 11.3 Å². The van der Waals surface area contributed by atoms with Gasteiger partial charge in [-0.25, -0.2) is 0 Å². The summed E-state index contributed by atoms with van der Waals surface area (Å²) in [6.45, 7) is 3.91. The monoisotopic (exact) mass is 267 g/mol. The van der Waals surface area contributed by atoms with E-state index in [4.69, 9.17) is 5.26 Å². The maximum absolute atomic E-state index is 8.86. The van der Waals surface area contributed by atoms with Crippen molar-refractivity contribution in [2.24, 2.45) is 0 Å². The fourth-order valence-corrected chi connectivity index (χ4v) is 3.06. The molecule has 0 saturated carbocycles. The fourth-order valence-electron chi connectivity index (χ4n) is 1.24. The van der Waals surface area contributed by atoms with Crippen molar-refractivity contribution in [3.05, 3.63) is 20.6 Å². The van der Waals surface area contributed by atoms with Crippen molar-refractivity contribution in [1.82, 2.24) is 10.2 Å². The Hall–Kier alpha value is -0.990. The highest BCUT2D eigenvalue weighted by Crippen LogP contribution is 2.35. The lowest BCUT2D eigenvalue weighted by Gasteiger charge is -1.98. The summed E-state index contributed by atoms with van der Waals surface area (Å²) in [7, 11) is 0. The second-order valence-electron chi connectivity index (χ2n) is 2.95. The second-order valence-corrected chi connectivity index (χ2v) is 4.74. The van der Waals surface area contributed by atoms with Crippen molar-refractivity contribution in [2.75, 3.05) is 0 Å². The maximum atomic E-state index is 8.86. The molecule has 2 aromatic heterocycles. The first-order valence-electron chi connectivity index (χ1n) is 3.97. The van der Waals surface area contributed by atoms with Gasteiger partial charge in [-0.3, -0.25) is 0 Å². The van der Waals surface area contributed by atoms with E-state index < -0.39 is 0 Å². The van der Waals surface area contributed by atoms with Gasteiger partial charge < -0.3 is 0 Å². The molecule has 3 nitrogen and oxygen atoms in total. The lowest BCUT2D eigenvalue weighted by atomic mass is 10.2. The zero-order chi connectivity index (χ0) is 10.3. The van der Waals surface area contributed by atoms with Crippen LogP contribution in [0.4, 0.5) is 0 Å². The molecule has 0 aliphatic rings. The smallest absolute Gasteiger partial charge is 0.148 e. The Balaban J connectivity index is 2.96. The van der Waals surface area contributed by atoms with Crippen LogP contribution >= 0.6 is 27.3 Å². The first-order chi connectivity index (χ1) is 6.65. The number of aromatic nitrogens is 2. The molecule has 5 heteroatoms. The van der Waals surface area contributed by atoms with Gasteiger partial charge in [-0.05, 0) is 35.3 Å². The predicted octanol–water partition coefficient (Wildman–Crippen LogP) is 2.94. The fraction of sp³-hybridized carbons (Fsp3) is 0.222. The topological polar surface area (TPSA) is 49.6 Å². The molecule has 0 amide bonds. The first-order valence-corrected chi connectivity index (χ1v) is 5.58. The molecule has 0 saturated heterocycles. The summed E-state index contributed by atoms with van der Waals surface area (Å²) in [5.74, 6) is 0. The SMILES string of the molecule is Cc1nnc2sc(C#N)c(Br)c2c1C. The standard InChI is InChI=1S/C9H6BrN3S/c1-4-5(2)12-13-9-7(4)8(10)6(3-11)14-9/h1-2H3. The molecule has 0 aliphatic carbocycles. The Morgan fingerprint density at radius 2 is 2.07 bits per heavy atom. The van der Waals surface area contributed by atoms with Gasteiger partial charge in [0.1, 0.15) is 15.8 Å². The molecular weight excluding hydrogens is 262 g/mol. The van der Waals surface area contributed by atoms with E-state index in [1.807, 2.05) is 13.8 Å². The number of hydrogen-bond donors (Lipinski definition) is 0. The summed E-state index contributed by atoms with van der Waals surface area (Å²) >= 11 is 4.78. The van der Waals surface area contributed by atoms with Crippen LogP contribution in [-0.2, 0) is 0 Å². The Morgan fingerprint density at radius 3 is 2.71 bits per heavy atom. The van der Waals surface area contributed by atoms with Gasteiger partial charge in [0.25, 0.3) is 0 Å². The van der Waals surface area contributed by atoms with E-state index >= 15 is 0 Å². The largest absolute Gasteiger partial charge is 0.191 e. The molecule has 0 aromatic carbocycles. The second kappa shape index (κ2) is 3.30. The quantitative estimate of drug-likeness (QED) is 0.738. The summed E-state index contributed by atoms with van der Waals surface area (Å²) in [5, 5.41) is 18.0. The third-order valence-corrected chi connectivity index (χ3v) is 4.18. The van der Waals surface area contributed by atoms with Crippen LogP contribution in [0, 0.1) is 25.2 Å². The van der Waals surface area contributed by atoms with Gasteiger partial charge in [0.15, 0.2) is 0 Å². The van der Waals surface area contributed by atoms with Crippen molar-refractivity contribution >= 4 is 37.5 Å². The molecule has 70 valence electrons. The molecule has 0 atom stereocenters. The van der Waals surface area contributed by atoms with E-state index in [1.54, 1.807) is 0 Å². The summed E-state index contributed by atoms with van der Waals surface area (Å²) < 4.78 is 0.843. The summed E-state index contributed by atoms with van der Waals surface area (Å²) in [6, 6.07) is 2.14. The Morgan fingerprint density at radius 1 is 1.36 bits per heavy atom. The summed E-state index contributed by atoms with van der Waals surface area (Å²) in [4.78, 5) is 1.47. The molecule has 2 aromatic rings. The molecule has 2 heterocycles. The number of nitrogens with zero attached hydrogens (tertiary/aromatic N) is 3. The highest BCUT2D eigenvalue weighted by atomic mass is 79.9. The molecule has 0 fully saturated rings. The molecule has 0 unspecified atom stereocenters. The Bertz CT molecular complexity index is 553. The lowest BCUT2D eigenvalue weighted by molar-refractivity contribution is 1.01. The lowest BCUT2D eigenvalue weighted by Crippen LogP contribution is -1.90. The van der Waals surface area contributed by atoms with Gasteiger partial charge in [-0.1, -0.05) is 0 Å². The molecule has 0 radical (unpaired) electrons. The number of fused-ring (bicyclic) bond motifs is 1. The molecular formula is C9H6BrN3S.